The van der Waals surface area contributed by atoms with Crippen molar-refractivity contribution in [3.8, 4) is 0 Å². The van der Waals surface area contributed by atoms with Crippen LogP contribution in [0.3, 0.4) is 0 Å². The first kappa shape index (κ1) is 6.36. The molecule has 2 aromatic heterocycles. The highest BCUT2D eigenvalue weighted by Crippen LogP contribution is 2.16. The van der Waals surface area contributed by atoms with Crippen molar-refractivity contribution in [3.05, 3.63) is 11.5 Å². The van der Waals surface area contributed by atoms with Crippen LogP contribution in [0, 0.1) is 0 Å². The van der Waals surface area contributed by atoms with E-state index in [-0.39, 0.29) is 0 Å². The van der Waals surface area contributed by atoms with Crippen molar-refractivity contribution in [1.82, 2.24) is 19.9 Å². The van der Waals surface area contributed by atoms with Gasteiger partial charge in [-0.05, 0) is 0 Å². The molecule has 0 bridgehead atoms. The summed E-state index contributed by atoms with van der Waals surface area (Å²) in [5.41, 5.74) is 6.43. The molecule has 0 saturated carbocycles. The van der Waals surface area contributed by atoms with Crippen LogP contribution in [-0.2, 0) is 0 Å². The summed E-state index contributed by atoms with van der Waals surface area (Å²) >= 11 is 5.68. The number of halogens is 1. The Bertz CT molecular complexity index is 395. The standard InChI is InChI=1S/C5H4ClN5/c6-3-2-4(9-1-8-3)11-5(7)10-2/h1H,(H3,7,8,9,10,11). The largest absolute Gasteiger partial charge is 0.369 e. The molecule has 0 saturated heterocycles. The molecule has 0 atom stereocenters. The first-order valence-electron chi connectivity index (χ1n) is 2.89. The van der Waals surface area contributed by atoms with Gasteiger partial charge in [-0.3, -0.25) is 0 Å². The average Bonchev–Trinajstić information content (AvgIpc) is 2.31. The summed E-state index contributed by atoms with van der Waals surface area (Å²) in [6.45, 7) is 0. The van der Waals surface area contributed by atoms with Crippen molar-refractivity contribution in [2.75, 3.05) is 5.73 Å². The highest BCUT2D eigenvalue weighted by molar-refractivity contribution is 6.33. The van der Waals surface area contributed by atoms with Crippen LogP contribution in [-0.4, -0.2) is 19.9 Å². The number of imidazole rings is 1. The zero-order valence-corrected chi connectivity index (χ0v) is 6.13. The third-order valence-electron chi connectivity index (χ3n) is 1.26. The number of H-pyrrole nitrogens is 1. The van der Waals surface area contributed by atoms with Crippen LogP contribution in [0.15, 0.2) is 6.33 Å². The molecular weight excluding hydrogens is 166 g/mol. The number of aromatic amines is 1. The predicted molar refractivity (Wildman–Crippen MR) is 41.1 cm³/mol. The number of hydrogen-bond acceptors (Lipinski definition) is 4. The number of nitrogen functional groups attached to an aromatic ring is 1. The highest BCUT2D eigenvalue weighted by atomic mass is 35.5. The van der Waals surface area contributed by atoms with Gasteiger partial charge in [0.1, 0.15) is 11.8 Å². The second-order valence-electron chi connectivity index (χ2n) is 1.98. The lowest BCUT2D eigenvalue weighted by atomic mass is 10.6. The minimum atomic E-state index is 0.294. The Morgan fingerprint density at radius 3 is 3.00 bits per heavy atom. The quantitative estimate of drug-likeness (QED) is 0.566. The SMILES string of the molecule is Nc1nc2c(Cl)ncnc2[nH]1. The minimum Gasteiger partial charge on any atom is -0.369 e. The third kappa shape index (κ3) is 0.894. The lowest BCUT2D eigenvalue weighted by Gasteiger charge is -1.86. The second-order valence-corrected chi connectivity index (χ2v) is 2.34. The summed E-state index contributed by atoms with van der Waals surface area (Å²) in [5.74, 6) is 0.294. The van der Waals surface area contributed by atoms with Crippen LogP contribution in [0.4, 0.5) is 5.95 Å². The van der Waals surface area contributed by atoms with E-state index in [2.05, 4.69) is 19.9 Å². The Morgan fingerprint density at radius 1 is 1.45 bits per heavy atom. The summed E-state index contributed by atoms with van der Waals surface area (Å²) < 4.78 is 0. The van der Waals surface area contributed by atoms with Gasteiger partial charge < -0.3 is 10.7 Å². The first-order chi connectivity index (χ1) is 5.27. The molecule has 2 heterocycles. The minimum absolute atomic E-state index is 0.294. The molecule has 3 N–H and O–H groups in total. The lowest BCUT2D eigenvalue weighted by molar-refractivity contribution is 1.20. The van der Waals surface area contributed by atoms with Crippen molar-refractivity contribution < 1.29 is 0 Å². The second kappa shape index (κ2) is 2.06. The molecule has 6 heteroatoms. The number of rotatable bonds is 0. The number of fused-ring (bicyclic) bond motifs is 1. The van der Waals surface area contributed by atoms with Gasteiger partial charge in [0.25, 0.3) is 0 Å². The van der Waals surface area contributed by atoms with Gasteiger partial charge in [0, 0.05) is 0 Å². The van der Waals surface area contributed by atoms with E-state index in [0.717, 1.165) is 0 Å². The maximum atomic E-state index is 5.68. The molecule has 0 unspecified atom stereocenters. The van der Waals surface area contributed by atoms with Gasteiger partial charge in [0.15, 0.2) is 16.7 Å². The molecule has 0 aliphatic heterocycles. The summed E-state index contributed by atoms with van der Waals surface area (Å²) in [4.78, 5) is 14.2. The van der Waals surface area contributed by atoms with E-state index < -0.39 is 0 Å². The molecule has 0 radical (unpaired) electrons. The van der Waals surface area contributed by atoms with Crippen LogP contribution in [0.1, 0.15) is 0 Å². The van der Waals surface area contributed by atoms with E-state index >= 15 is 0 Å². The molecular formula is C5H4ClN5. The van der Waals surface area contributed by atoms with Gasteiger partial charge in [-0.25, -0.2) is 15.0 Å². The molecule has 0 aliphatic carbocycles. The molecule has 5 nitrogen and oxygen atoms in total. The summed E-state index contributed by atoms with van der Waals surface area (Å²) in [5, 5.41) is 0.308. The zero-order valence-electron chi connectivity index (χ0n) is 5.37. The summed E-state index contributed by atoms with van der Waals surface area (Å²) in [6, 6.07) is 0. The van der Waals surface area contributed by atoms with Crippen LogP contribution in [0.25, 0.3) is 11.2 Å². The fraction of sp³-hybridized carbons (Fsp3) is 0. The maximum Gasteiger partial charge on any atom is 0.199 e. The number of hydrogen-bond donors (Lipinski definition) is 2. The van der Waals surface area contributed by atoms with Crippen LogP contribution in [0.5, 0.6) is 0 Å². The Labute approximate surface area is 66.6 Å². The monoisotopic (exact) mass is 169 g/mol. The van der Waals surface area contributed by atoms with E-state index in [0.29, 0.717) is 22.3 Å². The van der Waals surface area contributed by atoms with Gasteiger partial charge in [-0.1, -0.05) is 11.6 Å². The Kier molecular flexibility index (Phi) is 1.19. The van der Waals surface area contributed by atoms with Crippen molar-refractivity contribution >= 4 is 28.7 Å². The van der Waals surface area contributed by atoms with Crippen molar-refractivity contribution in [1.29, 1.82) is 0 Å². The molecule has 11 heavy (non-hydrogen) atoms. The van der Waals surface area contributed by atoms with Crippen molar-refractivity contribution in [2.45, 2.75) is 0 Å². The summed E-state index contributed by atoms with van der Waals surface area (Å²) in [7, 11) is 0. The van der Waals surface area contributed by atoms with Gasteiger partial charge >= 0.3 is 0 Å². The number of nitrogens with zero attached hydrogens (tertiary/aromatic N) is 3. The van der Waals surface area contributed by atoms with Crippen molar-refractivity contribution in [2.24, 2.45) is 0 Å². The fourth-order valence-corrected chi connectivity index (χ4v) is 0.993. The number of nitrogens with two attached hydrogens (primary N) is 1. The zero-order chi connectivity index (χ0) is 7.84. The van der Waals surface area contributed by atoms with E-state index in [9.17, 15) is 0 Å². The van der Waals surface area contributed by atoms with E-state index in [1.807, 2.05) is 0 Å². The normalized spacial score (nSPS) is 10.6. The fourth-order valence-electron chi connectivity index (χ4n) is 0.818. The predicted octanol–water partition coefficient (Wildman–Crippen LogP) is 0.588. The van der Waals surface area contributed by atoms with Crippen molar-refractivity contribution in [3.63, 3.8) is 0 Å². The number of aromatic nitrogens is 4. The van der Waals surface area contributed by atoms with E-state index in [4.69, 9.17) is 17.3 Å². The molecule has 0 amide bonds. The molecule has 56 valence electrons. The molecule has 0 aliphatic rings. The molecule has 0 aromatic carbocycles. The first-order valence-corrected chi connectivity index (χ1v) is 3.27. The summed E-state index contributed by atoms with van der Waals surface area (Å²) in [6.07, 6.45) is 1.35. The average molecular weight is 170 g/mol. The number of nitrogens with one attached hydrogen (secondary N) is 1. The highest BCUT2D eigenvalue weighted by Gasteiger charge is 2.04. The third-order valence-corrected chi connectivity index (χ3v) is 1.53. The van der Waals surface area contributed by atoms with Crippen LogP contribution >= 0.6 is 11.6 Å². The van der Waals surface area contributed by atoms with Gasteiger partial charge in [-0.2, -0.15) is 0 Å². The molecule has 0 spiro atoms. The Morgan fingerprint density at radius 2 is 2.27 bits per heavy atom. The number of anilines is 1. The van der Waals surface area contributed by atoms with E-state index in [1.54, 1.807) is 0 Å². The smallest absolute Gasteiger partial charge is 0.199 e. The Balaban J connectivity index is 2.90. The van der Waals surface area contributed by atoms with Gasteiger partial charge in [0.2, 0.25) is 0 Å². The van der Waals surface area contributed by atoms with Gasteiger partial charge in [0.05, 0.1) is 0 Å². The maximum absolute atomic E-state index is 5.68. The molecule has 2 rings (SSSR count). The topological polar surface area (TPSA) is 80.5 Å². The Hall–Kier alpha value is -1.36. The van der Waals surface area contributed by atoms with E-state index in [1.165, 1.54) is 6.33 Å². The molecule has 2 aromatic rings. The lowest BCUT2D eigenvalue weighted by Crippen LogP contribution is -1.84. The molecule has 0 fully saturated rings. The van der Waals surface area contributed by atoms with Crippen LogP contribution < -0.4 is 5.73 Å². The van der Waals surface area contributed by atoms with Gasteiger partial charge in [-0.15, -0.1) is 0 Å². The van der Waals surface area contributed by atoms with Crippen LogP contribution in [0.2, 0.25) is 5.15 Å².